The van der Waals surface area contributed by atoms with Gasteiger partial charge in [0, 0.05) is 7.05 Å². The Labute approximate surface area is 117 Å². The molecule has 1 amide bonds. The Bertz CT molecular complexity index is 556. The molecular formula is C13H17N5O2. The van der Waals surface area contributed by atoms with Gasteiger partial charge in [-0.15, -0.1) is 5.10 Å². The first kappa shape index (κ1) is 14.0. The third-order valence-electron chi connectivity index (χ3n) is 2.80. The molecule has 0 aliphatic heterocycles. The molecule has 0 saturated heterocycles. The van der Waals surface area contributed by atoms with Crippen molar-refractivity contribution in [3.63, 3.8) is 0 Å². The van der Waals surface area contributed by atoms with Crippen LogP contribution >= 0.6 is 0 Å². The van der Waals surface area contributed by atoms with E-state index < -0.39 is 0 Å². The van der Waals surface area contributed by atoms with Gasteiger partial charge in [-0.3, -0.25) is 4.79 Å². The molecule has 0 saturated carbocycles. The maximum absolute atomic E-state index is 11.9. The lowest BCUT2D eigenvalue weighted by Gasteiger charge is -2.17. The van der Waals surface area contributed by atoms with Gasteiger partial charge in [-0.25, -0.2) is 4.68 Å². The Kier molecular flexibility index (Phi) is 4.65. The van der Waals surface area contributed by atoms with Gasteiger partial charge in [0.05, 0.1) is 6.54 Å². The molecule has 0 unspecified atom stereocenters. The van der Waals surface area contributed by atoms with Crippen molar-refractivity contribution in [2.24, 2.45) is 0 Å². The predicted octanol–water partition coefficient (Wildman–Crippen LogP) is 0.519. The summed E-state index contributed by atoms with van der Waals surface area (Å²) in [4.78, 5) is 13.5. The molecular weight excluding hydrogens is 258 g/mol. The second-order valence-corrected chi connectivity index (χ2v) is 4.49. The molecule has 1 aromatic carbocycles. The van der Waals surface area contributed by atoms with E-state index in [1.807, 2.05) is 31.2 Å². The van der Waals surface area contributed by atoms with E-state index in [1.54, 1.807) is 11.9 Å². The topological polar surface area (TPSA) is 73.1 Å². The number of benzene rings is 1. The van der Waals surface area contributed by atoms with Gasteiger partial charge in [0.2, 0.25) is 5.91 Å². The molecule has 7 heteroatoms. The van der Waals surface area contributed by atoms with Crippen molar-refractivity contribution < 1.29 is 9.53 Å². The van der Waals surface area contributed by atoms with Crippen molar-refractivity contribution in [2.45, 2.75) is 13.5 Å². The number of rotatable bonds is 6. The molecule has 0 atom stereocenters. The van der Waals surface area contributed by atoms with Crippen molar-refractivity contribution in [2.75, 3.05) is 20.2 Å². The smallest absolute Gasteiger partial charge is 0.244 e. The van der Waals surface area contributed by atoms with Gasteiger partial charge in [-0.2, -0.15) is 0 Å². The fourth-order valence-electron chi connectivity index (χ4n) is 1.64. The molecule has 0 spiro atoms. The van der Waals surface area contributed by atoms with Crippen molar-refractivity contribution in [1.29, 1.82) is 0 Å². The van der Waals surface area contributed by atoms with Crippen LogP contribution in [0, 0.1) is 6.92 Å². The molecule has 20 heavy (non-hydrogen) atoms. The molecule has 2 rings (SSSR count). The molecule has 1 heterocycles. The van der Waals surface area contributed by atoms with E-state index in [9.17, 15) is 4.79 Å². The number of aromatic nitrogens is 4. The van der Waals surface area contributed by atoms with Crippen molar-refractivity contribution in [1.82, 2.24) is 25.1 Å². The van der Waals surface area contributed by atoms with Crippen molar-refractivity contribution >= 4 is 5.91 Å². The Balaban J connectivity index is 1.74. The van der Waals surface area contributed by atoms with Crippen LogP contribution in [0.4, 0.5) is 0 Å². The number of hydrogen-bond acceptors (Lipinski definition) is 5. The van der Waals surface area contributed by atoms with Crippen LogP contribution < -0.4 is 4.74 Å². The van der Waals surface area contributed by atoms with E-state index in [0.717, 1.165) is 11.3 Å². The lowest BCUT2D eigenvalue weighted by molar-refractivity contribution is -0.131. The minimum atomic E-state index is -0.0647. The lowest BCUT2D eigenvalue weighted by atomic mass is 10.2. The highest BCUT2D eigenvalue weighted by Crippen LogP contribution is 2.11. The van der Waals surface area contributed by atoms with E-state index in [1.165, 1.54) is 11.0 Å². The normalized spacial score (nSPS) is 10.3. The number of tetrazole rings is 1. The Morgan fingerprint density at radius 3 is 3.00 bits per heavy atom. The van der Waals surface area contributed by atoms with Gasteiger partial charge < -0.3 is 9.64 Å². The summed E-state index contributed by atoms with van der Waals surface area (Å²) >= 11 is 0. The van der Waals surface area contributed by atoms with Gasteiger partial charge in [-0.05, 0) is 35.0 Å². The maximum Gasteiger partial charge on any atom is 0.244 e. The maximum atomic E-state index is 11.9. The second-order valence-electron chi connectivity index (χ2n) is 4.49. The monoisotopic (exact) mass is 275 g/mol. The molecule has 0 radical (unpaired) electrons. The molecule has 2 aromatic rings. The third-order valence-corrected chi connectivity index (χ3v) is 2.80. The van der Waals surface area contributed by atoms with Gasteiger partial charge in [0.25, 0.3) is 0 Å². The highest BCUT2D eigenvalue weighted by atomic mass is 16.5. The summed E-state index contributed by atoms with van der Waals surface area (Å²) in [6, 6.07) is 7.81. The Morgan fingerprint density at radius 1 is 1.45 bits per heavy atom. The second kappa shape index (κ2) is 6.65. The molecule has 0 aliphatic carbocycles. The van der Waals surface area contributed by atoms with Gasteiger partial charge >= 0.3 is 0 Å². The molecule has 7 nitrogen and oxygen atoms in total. The van der Waals surface area contributed by atoms with E-state index in [4.69, 9.17) is 4.74 Å². The average molecular weight is 275 g/mol. The Hall–Kier alpha value is -2.44. The molecule has 1 aromatic heterocycles. The summed E-state index contributed by atoms with van der Waals surface area (Å²) in [6.07, 6.45) is 1.41. The van der Waals surface area contributed by atoms with Crippen LogP contribution in [0.15, 0.2) is 30.6 Å². The lowest BCUT2D eigenvalue weighted by Crippen LogP contribution is -2.33. The molecule has 0 N–H and O–H groups in total. The van der Waals surface area contributed by atoms with Crippen molar-refractivity contribution in [3.05, 3.63) is 36.2 Å². The van der Waals surface area contributed by atoms with E-state index in [2.05, 4.69) is 15.5 Å². The highest BCUT2D eigenvalue weighted by Gasteiger charge is 2.10. The zero-order valence-corrected chi connectivity index (χ0v) is 11.6. The molecule has 0 aliphatic rings. The van der Waals surface area contributed by atoms with Crippen LogP contribution in [0.25, 0.3) is 0 Å². The first-order chi connectivity index (χ1) is 9.65. The van der Waals surface area contributed by atoms with Gasteiger partial charge in [-0.1, -0.05) is 12.1 Å². The summed E-state index contributed by atoms with van der Waals surface area (Å²) in [5, 5.41) is 10.6. The van der Waals surface area contributed by atoms with Crippen LogP contribution in [0.5, 0.6) is 5.75 Å². The van der Waals surface area contributed by atoms with Crippen LogP contribution in [-0.4, -0.2) is 51.2 Å². The summed E-state index contributed by atoms with van der Waals surface area (Å²) in [7, 11) is 1.73. The van der Waals surface area contributed by atoms with E-state index in [0.29, 0.717) is 13.2 Å². The summed E-state index contributed by atoms with van der Waals surface area (Å²) in [5.74, 6) is 0.747. The molecule has 0 fully saturated rings. The minimum absolute atomic E-state index is 0.0647. The standard InChI is InChI=1S/C13H17N5O2/c1-11-4-3-5-12(8-11)20-7-6-17(2)13(19)9-18-10-14-15-16-18/h3-5,8,10H,6-7,9H2,1-2H3. The molecule has 106 valence electrons. The highest BCUT2D eigenvalue weighted by molar-refractivity contribution is 5.75. The van der Waals surface area contributed by atoms with Crippen LogP contribution in [-0.2, 0) is 11.3 Å². The largest absolute Gasteiger partial charge is 0.492 e. The Morgan fingerprint density at radius 2 is 2.30 bits per heavy atom. The van der Waals surface area contributed by atoms with Crippen LogP contribution in [0.3, 0.4) is 0 Å². The number of likely N-dealkylation sites (N-methyl/N-ethyl adjacent to an activating group) is 1. The summed E-state index contributed by atoms with van der Waals surface area (Å²) in [6.45, 7) is 3.10. The van der Waals surface area contributed by atoms with Crippen molar-refractivity contribution in [3.8, 4) is 5.75 Å². The molecule has 0 bridgehead atoms. The number of nitrogens with zero attached hydrogens (tertiary/aromatic N) is 5. The minimum Gasteiger partial charge on any atom is -0.492 e. The van der Waals surface area contributed by atoms with Crippen LogP contribution in [0.2, 0.25) is 0 Å². The zero-order chi connectivity index (χ0) is 14.4. The van der Waals surface area contributed by atoms with Gasteiger partial charge in [0.1, 0.15) is 25.2 Å². The SMILES string of the molecule is Cc1cccc(OCCN(C)C(=O)Cn2cnnn2)c1. The third kappa shape index (κ3) is 4.04. The average Bonchev–Trinajstić information content (AvgIpc) is 2.91. The van der Waals surface area contributed by atoms with E-state index in [-0.39, 0.29) is 12.5 Å². The number of carbonyl (C=O) groups is 1. The number of amides is 1. The quantitative estimate of drug-likeness (QED) is 0.768. The number of carbonyl (C=O) groups excluding carboxylic acids is 1. The number of ether oxygens (including phenoxy) is 1. The van der Waals surface area contributed by atoms with Gasteiger partial charge in [0.15, 0.2) is 0 Å². The summed E-state index contributed by atoms with van der Waals surface area (Å²) < 4.78 is 6.99. The number of aryl methyl sites for hydroxylation is 1. The fourth-order valence-corrected chi connectivity index (χ4v) is 1.64. The van der Waals surface area contributed by atoms with E-state index >= 15 is 0 Å². The predicted molar refractivity (Wildman–Crippen MR) is 72.1 cm³/mol. The summed E-state index contributed by atoms with van der Waals surface area (Å²) in [5.41, 5.74) is 1.14. The number of hydrogen-bond donors (Lipinski definition) is 0. The first-order valence-electron chi connectivity index (χ1n) is 6.29. The first-order valence-corrected chi connectivity index (χ1v) is 6.29. The zero-order valence-electron chi connectivity index (χ0n) is 11.6. The fraction of sp³-hybridized carbons (Fsp3) is 0.385. The van der Waals surface area contributed by atoms with Crippen LogP contribution in [0.1, 0.15) is 5.56 Å².